The van der Waals surface area contributed by atoms with Gasteiger partial charge in [0.05, 0.1) is 5.41 Å². The predicted octanol–water partition coefficient (Wildman–Crippen LogP) is 2.67. The summed E-state index contributed by atoms with van der Waals surface area (Å²) in [7, 11) is 0. The minimum absolute atomic E-state index is 0.00769. The van der Waals surface area contributed by atoms with E-state index in [0.29, 0.717) is 12.8 Å². The van der Waals surface area contributed by atoms with Gasteiger partial charge in [0, 0.05) is 19.0 Å². The van der Waals surface area contributed by atoms with Crippen molar-refractivity contribution in [2.24, 2.45) is 5.41 Å². The minimum atomic E-state index is -0.881. The van der Waals surface area contributed by atoms with Crippen molar-refractivity contribution in [3.8, 4) is 0 Å². The first kappa shape index (κ1) is 15.0. The zero-order valence-corrected chi connectivity index (χ0v) is 11.7. The third kappa shape index (κ3) is 3.03. The Kier molecular flexibility index (Phi) is 5.17. The average Bonchev–Trinajstić information content (AvgIpc) is 2.36. The fraction of sp³-hybridized carbons (Fsp3) is 0.857. The van der Waals surface area contributed by atoms with Crippen molar-refractivity contribution in [3.63, 3.8) is 0 Å². The summed E-state index contributed by atoms with van der Waals surface area (Å²) >= 11 is 0. The molecule has 1 aliphatic heterocycles. The molecule has 4 nitrogen and oxygen atoms in total. The van der Waals surface area contributed by atoms with Crippen LogP contribution in [0.2, 0.25) is 0 Å². The first-order valence-corrected chi connectivity index (χ1v) is 6.99. The van der Waals surface area contributed by atoms with Gasteiger partial charge in [-0.3, -0.25) is 9.59 Å². The van der Waals surface area contributed by atoms with Gasteiger partial charge in [0.1, 0.15) is 0 Å². The van der Waals surface area contributed by atoms with Crippen LogP contribution in [0.1, 0.15) is 59.3 Å². The van der Waals surface area contributed by atoms with Crippen molar-refractivity contribution in [2.75, 3.05) is 6.54 Å². The molecular formula is C14H25NO3. The molecular weight excluding hydrogens is 230 g/mol. The zero-order chi connectivity index (χ0) is 13.8. The summed E-state index contributed by atoms with van der Waals surface area (Å²) in [4.78, 5) is 25.6. The smallest absolute Gasteiger partial charge is 0.310 e. The molecule has 0 aliphatic carbocycles. The molecule has 0 aromatic rings. The van der Waals surface area contributed by atoms with E-state index in [4.69, 9.17) is 0 Å². The van der Waals surface area contributed by atoms with E-state index in [1.165, 1.54) is 0 Å². The number of carbonyl (C=O) groups excluding carboxylic acids is 1. The van der Waals surface area contributed by atoms with Crippen molar-refractivity contribution in [3.05, 3.63) is 0 Å². The summed E-state index contributed by atoms with van der Waals surface area (Å²) in [5.74, 6) is -0.834. The monoisotopic (exact) mass is 255 g/mol. The molecule has 0 spiro atoms. The number of carboxylic acid groups (broad SMARTS) is 1. The summed E-state index contributed by atoms with van der Waals surface area (Å²) in [5.41, 5.74) is -0.881. The SMILES string of the molecule is CCC(CC)(CC(=O)N1CCCCC1C)C(=O)O. The van der Waals surface area contributed by atoms with Gasteiger partial charge in [-0.15, -0.1) is 0 Å². The highest BCUT2D eigenvalue weighted by Gasteiger charge is 2.39. The fourth-order valence-electron chi connectivity index (χ4n) is 2.74. The van der Waals surface area contributed by atoms with Crippen LogP contribution in [-0.4, -0.2) is 34.5 Å². The maximum Gasteiger partial charge on any atom is 0.310 e. The number of hydrogen-bond acceptors (Lipinski definition) is 2. The molecule has 1 N–H and O–H groups in total. The second kappa shape index (κ2) is 6.21. The van der Waals surface area contributed by atoms with Crippen LogP contribution in [0, 0.1) is 5.41 Å². The van der Waals surface area contributed by atoms with E-state index in [0.717, 1.165) is 25.8 Å². The molecule has 1 rings (SSSR count). The highest BCUT2D eigenvalue weighted by atomic mass is 16.4. The highest BCUT2D eigenvalue weighted by Crippen LogP contribution is 2.32. The predicted molar refractivity (Wildman–Crippen MR) is 70.3 cm³/mol. The number of carbonyl (C=O) groups is 2. The Balaban J connectivity index is 2.75. The van der Waals surface area contributed by atoms with E-state index in [9.17, 15) is 14.7 Å². The lowest BCUT2D eigenvalue weighted by atomic mass is 9.78. The molecule has 4 heteroatoms. The van der Waals surface area contributed by atoms with Crippen LogP contribution in [0.5, 0.6) is 0 Å². The van der Waals surface area contributed by atoms with Crippen LogP contribution in [-0.2, 0) is 9.59 Å². The van der Waals surface area contributed by atoms with Gasteiger partial charge in [-0.05, 0) is 39.0 Å². The first-order chi connectivity index (χ1) is 8.46. The molecule has 0 bridgehead atoms. The van der Waals surface area contributed by atoms with Crippen molar-refractivity contribution in [1.82, 2.24) is 4.90 Å². The van der Waals surface area contributed by atoms with Crippen LogP contribution in [0.3, 0.4) is 0 Å². The van der Waals surface area contributed by atoms with Gasteiger partial charge in [-0.25, -0.2) is 0 Å². The Morgan fingerprint density at radius 1 is 1.28 bits per heavy atom. The topological polar surface area (TPSA) is 57.6 Å². The fourth-order valence-corrected chi connectivity index (χ4v) is 2.74. The Morgan fingerprint density at radius 2 is 1.89 bits per heavy atom. The Labute approximate surface area is 109 Å². The summed E-state index contributed by atoms with van der Waals surface area (Å²) in [5, 5.41) is 9.37. The molecule has 0 radical (unpaired) electrons. The minimum Gasteiger partial charge on any atom is -0.481 e. The third-order valence-corrected chi connectivity index (χ3v) is 4.42. The first-order valence-electron chi connectivity index (χ1n) is 6.99. The summed E-state index contributed by atoms with van der Waals surface area (Å²) < 4.78 is 0. The summed E-state index contributed by atoms with van der Waals surface area (Å²) in [6.07, 6.45) is 4.38. The number of amides is 1. The second-order valence-corrected chi connectivity index (χ2v) is 5.40. The van der Waals surface area contributed by atoms with Crippen LogP contribution in [0.25, 0.3) is 0 Å². The number of aliphatic carboxylic acids is 1. The van der Waals surface area contributed by atoms with Gasteiger partial charge >= 0.3 is 5.97 Å². The van der Waals surface area contributed by atoms with Gasteiger partial charge < -0.3 is 10.0 Å². The van der Waals surface area contributed by atoms with E-state index in [1.807, 2.05) is 18.7 Å². The number of carboxylic acids is 1. The lowest BCUT2D eigenvalue weighted by molar-refractivity contribution is -0.155. The largest absolute Gasteiger partial charge is 0.481 e. The number of rotatable bonds is 5. The van der Waals surface area contributed by atoms with Crippen molar-refractivity contribution in [1.29, 1.82) is 0 Å². The Morgan fingerprint density at radius 3 is 2.33 bits per heavy atom. The van der Waals surface area contributed by atoms with Crippen LogP contribution in [0.15, 0.2) is 0 Å². The molecule has 104 valence electrons. The lowest BCUT2D eigenvalue weighted by Gasteiger charge is -2.36. The molecule has 1 fully saturated rings. The Bertz CT molecular complexity index is 310. The summed E-state index contributed by atoms with van der Waals surface area (Å²) in [6.45, 7) is 6.54. The second-order valence-electron chi connectivity index (χ2n) is 5.40. The molecule has 18 heavy (non-hydrogen) atoms. The molecule has 1 aliphatic rings. The molecule has 1 amide bonds. The van der Waals surface area contributed by atoms with Gasteiger partial charge in [-0.1, -0.05) is 13.8 Å². The van der Waals surface area contributed by atoms with E-state index in [-0.39, 0.29) is 18.4 Å². The van der Waals surface area contributed by atoms with Crippen molar-refractivity contribution in [2.45, 2.75) is 65.3 Å². The van der Waals surface area contributed by atoms with Gasteiger partial charge in [0.25, 0.3) is 0 Å². The number of nitrogens with zero attached hydrogens (tertiary/aromatic N) is 1. The molecule has 1 unspecified atom stereocenters. The maximum absolute atomic E-state index is 12.3. The molecule has 0 saturated carbocycles. The normalized spacial score (nSPS) is 20.8. The van der Waals surface area contributed by atoms with E-state index in [2.05, 4.69) is 6.92 Å². The number of piperidine rings is 1. The zero-order valence-electron chi connectivity index (χ0n) is 11.7. The standard InChI is InChI=1S/C14H25NO3/c1-4-14(5-2,13(17)18)10-12(16)15-9-7-6-8-11(15)3/h11H,4-10H2,1-3H3,(H,17,18). The van der Waals surface area contributed by atoms with E-state index < -0.39 is 11.4 Å². The van der Waals surface area contributed by atoms with E-state index in [1.54, 1.807) is 0 Å². The number of hydrogen-bond donors (Lipinski definition) is 1. The molecule has 1 heterocycles. The number of likely N-dealkylation sites (tertiary alicyclic amines) is 1. The van der Waals surface area contributed by atoms with Gasteiger partial charge in [-0.2, -0.15) is 0 Å². The van der Waals surface area contributed by atoms with Crippen molar-refractivity contribution >= 4 is 11.9 Å². The molecule has 1 saturated heterocycles. The van der Waals surface area contributed by atoms with Crippen molar-refractivity contribution < 1.29 is 14.7 Å². The molecule has 0 aromatic carbocycles. The van der Waals surface area contributed by atoms with Crippen LogP contribution >= 0.6 is 0 Å². The van der Waals surface area contributed by atoms with Crippen LogP contribution < -0.4 is 0 Å². The van der Waals surface area contributed by atoms with Gasteiger partial charge in [0.15, 0.2) is 0 Å². The molecule has 1 atom stereocenters. The van der Waals surface area contributed by atoms with Gasteiger partial charge in [0.2, 0.25) is 5.91 Å². The quantitative estimate of drug-likeness (QED) is 0.821. The average molecular weight is 255 g/mol. The Hall–Kier alpha value is -1.06. The third-order valence-electron chi connectivity index (χ3n) is 4.42. The lowest BCUT2D eigenvalue weighted by Crippen LogP contribution is -2.45. The van der Waals surface area contributed by atoms with Crippen LogP contribution in [0.4, 0.5) is 0 Å². The highest BCUT2D eigenvalue weighted by molar-refractivity contribution is 5.85. The van der Waals surface area contributed by atoms with E-state index >= 15 is 0 Å². The molecule has 0 aromatic heterocycles. The summed E-state index contributed by atoms with van der Waals surface area (Å²) in [6, 6.07) is 0.256. The maximum atomic E-state index is 12.3.